The van der Waals surface area contributed by atoms with Crippen LogP contribution >= 0.6 is 0 Å². The molecule has 0 spiro atoms. The van der Waals surface area contributed by atoms with Gasteiger partial charge in [-0.25, -0.2) is 4.98 Å². The molecular weight excluding hydrogens is 452 g/mol. The highest BCUT2D eigenvalue weighted by Crippen LogP contribution is 2.44. The lowest BCUT2D eigenvalue weighted by atomic mass is 9.75. The van der Waals surface area contributed by atoms with E-state index in [-0.39, 0.29) is 17.3 Å². The predicted octanol–water partition coefficient (Wildman–Crippen LogP) is 4.09. The number of hydrogen-bond donors (Lipinski definition) is 3. The van der Waals surface area contributed by atoms with E-state index in [0.29, 0.717) is 11.2 Å². The number of carbonyl (C=O) groups excluding carboxylic acids is 1. The molecule has 0 saturated carbocycles. The second-order valence-corrected chi connectivity index (χ2v) is 11.4. The van der Waals surface area contributed by atoms with Gasteiger partial charge >= 0.3 is 0 Å². The van der Waals surface area contributed by atoms with Crippen molar-refractivity contribution in [3.05, 3.63) is 47.4 Å². The number of allylic oxidation sites excluding steroid dienone is 2. The number of rotatable bonds is 5. The number of nitrogens with two attached hydrogens (primary N) is 1. The summed E-state index contributed by atoms with van der Waals surface area (Å²) in [5, 5.41) is 3.11. The highest BCUT2D eigenvalue weighted by molar-refractivity contribution is 6.03. The van der Waals surface area contributed by atoms with Crippen molar-refractivity contribution in [2.24, 2.45) is 5.41 Å². The third-order valence-electron chi connectivity index (χ3n) is 8.36. The van der Waals surface area contributed by atoms with Crippen LogP contribution in [0.2, 0.25) is 0 Å². The molecule has 2 fully saturated rings. The number of piperazine rings is 1. The molecule has 3 aliphatic rings. The number of carbonyl (C=O) groups is 1. The molecule has 5 rings (SSSR count). The number of ether oxygens (including phenoxy) is 1. The molecule has 0 atom stereocenters. The summed E-state index contributed by atoms with van der Waals surface area (Å²) in [5.41, 5.74) is 10.6. The van der Waals surface area contributed by atoms with Gasteiger partial charge in [-0.15, -0.1) is 0 Å². The Morgan fingerprint density at radius 1 is 1.14 bits per heavy atom. The summed E-state index contributed by atoms with van der Waals surface area (Å²) < 4.78 is 5.83. The van der Waals surface area contributed by atoms with E-state index < -0.39 is 0 Å². The molecule has 8 heteroatoms. The van der Waals surface area contributed by atoms with Gasteiger partial charge in [-0.05, 0) is 67.8 Å². The summed E-state index contributed by atoms with van der Waals surface area (Å²) in [4.78, 5) is 25.0. The van der Waals surface area contributed by atoms with Gasteiger partial charge in [-0.1, -0.05) is 26.0 Å². The number of nitrogens with one attached hydrogen (secondary N) is 2. The van der Waals surface area contributed by atoms with Crippen molar-refractivity contribution in [1.82, 2.24) is 19.8 Å². The van der Waals surface area contributed by atoms with E-state index >= 15 is 0 Å². The van der Waals surface area contributed by atoms with Crippen LogP contribution in [-0.2, 0) is 10.3 Å². The Morgan fingerprint density at radius 3 is 2.53 bits per heavy atom. The van der Waals surface area contributed by atoms with Crippen LogP contribution in [0.5, 0.6) is 0 Å². The van der Waals surface area contributed by atoms with E-state index in [1.165, 1.54) is 17.3 Å². The average molecular weight is 493 g/mol. The Morgan fingerprint density at radius 2 is 1.89 bits per heavy atom. The van der Waals surface area contributed by atoms with Crippen molar-refractivity contribution in [2.75, 3.05) is 57.5 Å². The van der Waals surface area contributed by atoms with Crippen LogP contribution in [0.25, 0.3) is 5.57 Å². The lowest BCUT2D eigenvalue weighted by Gasteiger charge is -2.50. The van der Waals surface area contributed by atoms with Gasteiger partial charge in [-0.3, -0.25) is 9.69 Å². The maximum atomic E-state index is 13.0. The van der Waals surface area contributed by atoms with Gasteiger partial charge < -0.3 is 25.7 Å². The molecule has 0 unspecified atom stereocenters. The molecule has 1 aromatic carbocycles. The van der Waals surface area contributed by atoms with E-state index in [0.717, 1.165) is 82.7 Å². The number of aromatic nitrogens is 2. The molecule has 8 nitrogen and oxygen atoms in total. The van der Waals surface area contributed by atoms with Crippen LogP contribution in [0.15, 0.2) is 30.5 Å². The Hall–Kier alpha value is -2.68. The molecule has 2 saturated heterocycles. The first-order valence-electron chi connectivity index (χ1n) is 13.2. The number of likely N-dealkylation sites (N-methyl/N-ethyl adjacent to an activating group) is 1. The molecule has 0 radical (unpaired) electrons. The summed E-state index contributed by atoms with van der Waals surface area (Å²) in [6.07, 6.45) is 8.97. The predicted molar refractivity (Wildman–Crippen MR) is 144 cm³/mol. The van der Waals surface area contributed by atoms with Gasteiger partial charge in [-0.2, -0.15) is 0 Å². The van der Waals surface area contributed by atoms with Crippen LogP contribution in [0, 0.1) is 5.41 Å². The fourth-order valence-corrected chi connectivity index (χ4v) is 5.89. The first-order chi connectivity index (χ1) is 17.3. The summed E-state index contributed by atoms with van der Waals surface area (Å²) in [5.74, 6) is 0.318. The number of benzene rings is 1. The maximum absolute atomic E-state index is 13.0. The van der Waals surface area contributed by atoms with E-state index in [4.69, 9.17) is 10.5 Å². The molecule has 3 heterocycles. The van der Waals surface area contributed by atoms with Crippen LogP contribution in [0.3, 0.4) is 0 Å². The van der Waals surface area contributed by atoms with E-state index in [1.54, 1.807) is 0 Å². The number of H-pyrrole nitrogens is 1. The normalized spacial score (nSPS) is 22.7. The Balaban J connectivity index is 1.53. The number of anilines is 2. The van der Waals surface area contributed by atoms with Crippen molar-refractivity contribution < 1.29 is 9.53 Å². The first kappa shape index (κ1) is 25.0. The number of aromatic amines is 1. The molecule has 194 valence electrons. The summed E-state index contributed by atoms with van der Waals surface area (Å²) in [7, 11) is 2.20. The van der Waals surface area contributed by atoms with Gasteiger partial charge in [0.2, 0.25) is 0 Å². The topological polar surface area (TPSA) is 99.5 Å². The highest BCUT2D eigenvalue weighted by Gasteiger charge is 2.41. The van der Waals surface area contributed by atoms with Gasteiger partial charge in [0.1, 0.15) is 5.82 Å². The zero-order valence-corrected chi connectivity index (χ0v) is 21.9. The standard InChI is InChI=1S/C28H40N6O2/c1-27(2)8-6-20(7-9-27)22-18-21(4-5-23(22)31-26(35)25-30-19-24(29)32-25)28(10-16-36-17-11-28)34-14-12-33(3)13-15-34/h4-6,18-19H,7-17,29H2,1-3H3,(H,30,32)(H,31,35). The molecule has 1 amide bonds. The van der Waals surface area contributed by atoms with Crippen molar-refractivity contribution in [3.8, 4) is 0 Å². The third-order valence-corrected chi connectivity index (χ3v) is 8.36. The summed E-state index contributed by atoms with van der Waals surface area (Å²) in [6.45, 7) is 10.5. The van der Waals surface area contributed by atoms with E-state index in [1.807, 2.05) is 0 Å². The Bertz CT molecular complexity index is 1120. The van der Waals surface area contributed by atoms with E-state index in [9.17, 15) is 4.79 Å². The van der Waals surface area contributed by atoms with E-state index in [2.05, 4.69) is 70.3 Å². The lowest BCUT2D eigenvalue weighted by molar-refractivity contribution is -0.0484. The maximum Gasteiger partial charge on any atom is 0.291 e. The van der Waals surface area contributed by atoms with Gasteiger partial charge in [0.25, 0.3) is 5.91 Å². The highest BCUT2D eigenvalue weighted by atomic mass is 16.5. The summed E-state index contributed by atoms with van der Waals surface area (Å²) >= 11 is 0. The molecule has 4 N–H and O–H groups in total. The quantitative estimate of drug-likeness (QED) is 0.581. The van der Waals surface area contributed by atoms with Crippen LogP contribution in [-0.4, -0.2) is 72.1 Å². The number of hydrogen-bond acceptors (Lipinski definition) is 6. The summed E-state index contributed by atoms with van der Waals surface area (Å²) in [6, 6.07) is 6.65. The SMILES string of the molecule is CN1CCN(C2(c3ccc(NC(=O)c4ncc(N)[nH]4)c(C4=CCC(C)(C)CC4)c3)CCOCC2)CC1. The van der Waals surface area contributed by atoms with Crippen molar-refractivity contribution >= 4 is 23.0 Å². The Labute approximate surface area is 214 Å². The zero-order valence-electron chi connectivity index (χ0n) is 21.9. The number of nitrogens with zero attached hydrogens (tertiary/aromatic N) is 3. The second kappa shape index (κ2) is 10.00. The largest absolute Gasteiger partial charge is 0.384 e. The first-order valence-corrected chi connectivity index (χ1v) is 13.2. The molecule has 2 aromatic rings. The van der Waals surface area contributed by atoms with Crippen molar-refractivity contribution in [2.45, 2.75) is 51.5 Å². The van der Waals surface area contributed by atoms with Crippen LogP contribution in [0.1, 0.15) is 67.7 Å². The molecule has 36 heavy (non-hydrogen) atoms. The molecule has 1 aliphatic carbocycles. The van der Waals surface area contributed by atoms with Gasteiger partial charge in [0.05, 0.1) is 11.7 Å². The third kappa shape index (κ3) is 5.08. The number of amides is 1. The fraction of sp³-hybridized carbons (Fsp3) is 0.571. The molecule has 1 aromatic heterocycles. The fourth-order valence-electron chi connectivity index (χ4n) is 5.89. The minimum atomic E-state index is -0.280. The molecule has 2 aliphatic heterocycles. The number of nitrogen functional groups attached to an aromatic ring is 1. The average Bonchev–Trinajstić information content (AvgIpc) is 3.32. The zero-order chi connectivity index (χ0) is 25.3. The minimum Gasteiger partial charge on any atom is -0.384 e. The lowest BCUT2D eigenvalue weighted by Crippen LogP contribution is -2.56. The molecular formula is C28H40N6O2. The monoisotopic (exact) mass is 492 g/mol. The van der Waals surface area contributed by atoms with Gasteiger partial charge in [0, 0.05) is 50.6 Å². The minimum absolute atomic E-state index is 0.0409. The van der Waals surface area contributed by atoms with Crippen LogP contribution in [0.4, 0.5) is 11.5 Å². The smallest absolute Gasteiger partial charge is 0.291 e. The van der Waals surface area contributed by atoms with Crippen molar-refractivity contribution in [3.63, 3.8) is 0 Å². The van der Waals surface area contributed by atoms with Gasteiger partial charge in [0.15, 0.2) is 5.82 Å². The second-order valence-electron chi connectivity index (χ2n) is 11.4. The molecule has 0 bridgehead atoms. The van der Waals surface area contributed by atoms with Crippen LogP contribution < -0.4 is 11.1 Å². The number of imidazole rings is 1. The Kier molecular flexibility index (Phi) is 6.94. The van der Waals surface area contributed by atoms with Crippen molar-refractivity contribution in [1.29, 1.82) is 0 Å².